The van der Waals surface area contributed by atoms with Gasteiger partial charge in [0.15, 0.2) is 5.78 Å². The van der Waals surface area contributed by atoms with Gasteiger partial charge in [-0.3, -0.25) is 4.79 Å². The van der Waals surface area contributed by atoms with Gasteiger partial charge in [-0.1, -0.05) is 42.5 Å². The third-order valence-electron chi connectivity index (χ3n) is 3.30. The summed E-state index contributed by atoms with van der Waals surface area (Å²) in [5.74, 6) is 0.790. The topological polar surface area (TPSA) is 52.3 Å². The molecule has 20 heavy (non-hydrogen) atoms. The molecule has 2 aromatic rings. The highest BCUT2D eigenvalue weighted by Crippen LogP contribution is 2.19. The number of benzene rings is 2. The highest BCUT2D eigenvalue weighted by Gasteiger charge is 2.11. The molecule has 0 radical (unpaired) electrons. The molecular formula is C17H19NO2. The van der Waals surface area contributed by atoms with Crippen LogP contribution in [0.1, 0.15) is 34.8 Å². The van der Waals surface area contributed by atoms with Crippen LogP contribution >= 0.6 is 0 Å². The summed E-state index contributed by atoms with van der Waals surface area (Å²) in [7, 11) is 1.59. The van der Waals surface area contributed by atoms with Crippen LogP contribution in [0, 0.1) is 0 Å². The third kappa shape index (κ3) is 3.68. The highest BCUT2D eigenvalue weighted by molar-refractivity contribution is 5.96. The SMILES string of the molecule is COc1cccc(C(=O)CCC(N)c2ccccc2)c1. The second kappa shape index (κ2) is 6.87. The molecule has 0 amide bonds. The summed E-state index contributed by atoms with van der Waals surface area (Å²) in [6.45, 7) is 0. The Hall–Kier alpha value is -2.13. The van der Waals surface area contributed by atoms with Crippen molar-refractivity contribution >= 4 is 5.78 Å². The number of carbonyl (C=O) groups is 1. The first kappa shape index (κ1) is 14.3. The molecule has 0 heterocycles. The number of Topliss-reactive ketones (excluding diaryl/α,β-unsaturated/α-hetero) is 1. The van der Waals surface area contributed by atoms with Crippen LogP contribution in [-0.2, 0) is 0 Å². The van der Waals surface area contributed by atoms with E-state index in [1.807, 2.05) is 42.5 Å². The van der Waals surface area contributed by atoms with Gasteiger partial charge in [0, 0.05) is 18.0 Å². The fourth-order valence-electron chi connectivity index (χ4n) is 2.09. The minimum atomic E-state index is -0.106. The zero-order valence-electron chi connectivity index (χ0n) is 11.6. The summed E-state index contributed by atoms with van der Waals surface area (Å²) in [6.07, 6.45) is 1.07. The number of rotatable bonds is 6. The van der Waals surface area contributed by atoms with Crippen molar-refractivity contribution in [1.82, 2.24) is 0 Å². The molecule has 1 unspecified atom stereocenters. The predicted octanol–water partition coefficient (Wildman–Crippen LogP) is 3.36. The zero-order chi connectivity index (χ0) is 14.4. The lowest BCUT2D eigenvalue weighted by molar-refractivity contribution is 0.0977. The summed E-state index contributed by atoms with van der Waals surface area (Å²) in [5, 5.41) is 0. The Balaban J connectivity index is 1.95. The van der Waals surface area contributed by atoms with Crippen LogP contribution in [0.25, 0.3) is 0 Å². The number of ketones is 1. The van der Waals surface area contributed by atoms with E-state index in [1.165, 1.54) is 0 Å². The van der Waals surface area contributed by atoms with Gasteiger partial charge in [0.1, 0.15) is 5.75 Å². The monoisotopic (exact) mass is 269 g/mol. The van der Waals surface area contributed by atoms with Crippen LogP contribution in [0.5, 0.6) is 5.75 Å². The normalized spacial score (nSPS) is 11.9. The number of carbonyl (C=O) groups excluding carboxylic acids is 1. The van der Waals surface area contributed by atoms with E-state index < -0.39 is 0 Å². The Labute approximate surface area is 119 Å². The van der Waals surface area contributed by atoms with E-state index in [-0.39, 0.29) is 11.8 Å². The van der Waals surface area contributed by atoms with Gasteiger partial charge in [0.2, 0.25) is 0 Å². The van der Waals surface area contributed by atoms with E-state index in [0.717, 1.165) is 5.56 Å². The van der Waals surface area contributed by atoms with Gasteiger partial charge in [-0.05, 0) is 24.1 Å². The molecular weight excluding hydrogens is 250 g/mol. The fourth-order valence-corrected chi connectivity index (χ4v) is 2.09. The molecule has 0 aromatic heterocycles. The maximum absolute atomic E-state index is 12.1. The summed E-state index contributed by atoms with van der Waals surface area (Å²) in [5.41, 5.74) is 7.83. The first-order valence-corrected chi connectivity index (χ1v) is 6.68. The molecule has 0 saturated carbocycles. The molecule has 3 heteroatoms. The van der Waals surface area contributed by atoms with E-state index in [2.05, 4.69) is 0 Å². The molecule has 2 aromatic carbocycles. The number of hydrogen-bond donors (Lipinski definition) is 1. The largest absolute Gasteiger partial charge is 0.497 e. The van der Waals surface area contributed by atoms with Gasteiger partial charge < -0.3 is 10.5 Å². The lowest BCUT2D eigenvalue weighted by Gasteiger charge is -2.11. The maximum atomic E-state index is 12.1. The minimum Gasteiger partial charge on any atom is -0.497 e. The van der Waals surface area contributed by atoms with Gasteiger partial charge in [-0.2, -0.15) is 0 Å². The van der Waals surface area contributed by atoms with Crippen LogP contribution in [0.3, 0.4) is 0 Å². The van der Waals surface area contributed by atoms with E-state index in [9.17, 15) is 4.79 Å². The average Bonchev–Trinajstić information content (AvgIpc) is 2.53. The molecule has 2 rings (SSSR count). The van der Waals surface area contributed by atoms with Crippen LogP contribution in [0.2, 0.25) is 0 Å². The molecule has 0 aliphatic heterocycles. The Kier molecular flexibility index (Phi) is 4.91. The van der Waals surface area contributed by atoms with Crippen LogP contribution < -0.4 is 10.5 Å². The van der Waals surface area contributed by atoms with Gasteiger partial charge >= 0.3 is 0 Å². The fraction of sp³-hybridized carbons (Fsp3) is 0.235. The number of methoxy groups -OCH3 is 1. The summed E-state index contributed by atoms with van der Waals surface area (Å²) >= 11 is 0. The van der Waals surface area contributed by atoms with Crippen LogP contribution in [0.15, 0.2) is 54.6 Å². The molecule has 0 bridgehead atoms. The standard InChI is InChI=1S/C17H19NO2/c1-20-15-9-5-8-14(12-15)17(19)11-10-16(18)13-6-3-2-4-7-13/h2-9,12,16H,10-11,18H2,1H3. The Morgan fingerprint density at radius 1 is 1.15 bits per heavy atom. The summed E-state index contributed by atoms with van der Waals surface area (Å²) in [6, 6.07) is 17.0. The number of hydrogen-bond acceptors (Lipinski definition) is 3. The highest BCUT2D eigenvalue weighted by atomic mass is 16.5. The molecule has 0 aliphatic rings. The lowest BCUT2D eigenvalue weighted by Crippen LogP contribution is -2.12. The van der Waals surface area contributed by atoms with Crippen molar-refractivity contribution < 1.29 is 9.53 Å². The van der Waals surface area contributed by atoms with Crippen molar-refractivity contribution in [2.75, 3.05) is 7.11 Å². The Morgan fingerprint density at radius 3 is 2.60 bits per heavy atom. The van der Waals surface area contributed by atoms with E-state index in [1.54, 1.807) is 19.2 Å². The predicted molar refractivity (Wildman–Crippen MR) is 79.9 cm³/mol. The second-order valence-electron chi connectivity index (χ2n) is 4.71. The van der Waals surface area contributed by atoms with Gasteiger partial charge in [-0.15, -0.1) is 0 Å². The third-order valence-corrected chi connectivity index (χ3v) is 3.30. The number of nitrogens with two attached hydrogens (primary N) is 1. The van der Waals surface area contributed by atoms with E-state index in [0.29, 0.717) is 24.2 Å². The smallest absolute Gasteiger partial charge is 0.163 e. The zero-order valence-corrected chi connectivity index (χ0v) is 11.6. The van der Waals surface area contributed by atoms with Crippen molar-refractivity contribution in [1.29, 1.82) is 0 Å². The maximum Gasteiger partial charge on any atom is 0.163 e. The quantitative estimate of drug-likeness (QED) is 0.818. The van der Waals surface area contributed by atoms with E-state index in [4.69, 9.17) is 10.5 Å². The van der Waals surface area contributed by atoms with Crippen molar-refractivity contribution in [3.05, 3.63) is 65.7 Å². The molecule has 0 spiro atoms. The molecule has 0 aliphatic carbocycles. The molecule has 3 nitrogen and oxygen atoms in total. The minimum absolute atomic E-state index is 0.0929. The van der Waals surface area contributed by atoms with Gasteiger partial charge in [0.25, 0.3) is 0 Å². The molecule has 0 fully saturated rings. The van der Waals surface area contributed by atoms with Crippen molar-refractivity contribution in [2.24, 2.45) is 5.73 Å². The van der Waals surface area contributed by atoms with Gasteiger partial charge in [-0.25, -0.2) is 0 Å². The molecule has 104 valence electrons. The summed E-state index contributed by atoms with van der Waals surface area (Å²) in [4.78, 5) is 12.1. The van der Waals surface area contributed by atoms with Crippen LogP contribution in [-0.4, -0.2) is 12.9 Å². The van der Waals surface area contributed by atoms with Crippen molar-refractivity contribution in [3.8, 4) is 5.75 Å². The van der Waals surface area contributed by atoms with Crippen LogP contribution in [0.4, 0.5) is 0 Å². The van der Waals surface area contributed by atoms with Crippen molar-refractivity contribution in [2.45, 2.75) is 18.9 Å². The Bertz CT molecular complexity index is 566. The number of ether oxygens (including phenoxy) is 1. The first-order chi connectivity index (χ1) is 9.70. The molecule has 2 N–H and O–H groups in total. The first-order valence-electron chi connectivity index (χ1n) is 6.68. The lowest BCUT2D eigenvalue weighted by atomic mass is 9.99. The van der Waals surface area contributed by atoms with Gasteiger partial charge in [0.05, 0.1) is 7.11 Å². The summed E-state index contributed by atoms with van der Waals surface area (Å²) < 4.78 is 5.12. The van der Waals surface area contributed by atoms with Crippen molar-refractivity contribution in [3.63, 3.8) is 0 Å². The average molecular weight is 269 g/mol. The second-order valence-corrected chi connectivity index (χ2v) is 4.71. The molecule has 1 atom stereocenters. The Morgan fingerprint density at radius 2 is 1.90 bits per heavy atom. The molecule has 0 saturated heterocycles. The van der Waals surface area contributed by atoms with E-state index >= 15 is 0 Å².